The molecule has 1 aromatic heterocycles. The van der Waals surface area contributed by atoms with Gasteiger partial charge in [0, 0.05) is 12.1 Å². The third kappa shape index (κ3) is 3.13. The smallest absolute Gasteiger partial charge is 0.240 e. The summed E-state index contributed by atoms with van der Waals surface area (Å²) in [6.45, 7) is 3.98. The van der Waals surface area contributed by atoms with Gasteiger partial charge in [-0.3, -0.25) is 0 Å². The average Bonchev–Trinajstić information content (AvgIpc) is 2.38. The lowest BCUT2D eigenvalue weighted by Crippen LogP contribution is -2.00. The lowest BCUT2D eigenvalue weighted by atomic mass is 10.2. The first-order valence-electron chi connectivity index (χ1n) is 5.93. The van der Waals surface area contributed by atoms with Crippen LogP contribution in [-0.2, 0) is 0 Å². The highest BCUT2D eigenvalue weighted by molar-refractivity contribution is 5.49. The molecule has 100 valence electrons. The first kappa shape index (κ1) is 13.1. The molecule has 0 radical (unpaired) electrons. The van der Waals surface area contributed by atoms with Crippen LogP contribution in [0.2, 0.25) is 0 Å². The van der Waals surface area contributed by atoms with Gasteiger partial charge in [-0.2, -0.15) is 4.98 Å². The van der Waals surface area contributed by atoms with Gasteiger partial charge in [-0.15, -0.1) is 0 Å². The average molecular weight is 262 g/mol. The van der Waals surface area contributed by atoms with Crippen LogP contribution in [0.15, 0.2) is 30.3 Å². The number of nitrogens with zero attached hydrogens (tertiary/aromatic N) is 1. The molecule has 1 aromatic carbocycles. The number of pyridine rings is 1. The highest BCUT2D eigenvalue weighted by Gasteiger charge is 2.07. The second-order valence-electron chi connectivity index (χ2n) is 3.99. The number of hydrogen-bond donors (Lipinski definition) is 1. The quantitative estimate of drug-likeness (QED) is 0.918. The Morgan fingerprint density at radius 1 is 1.26 bits per heavy atom. The van der Waals surface area contributed by atoms with Gasteiger partial charge in [0.15, 0.2) is 0 Å². The molecule has 0 aliphatic heterocycles. The zero-order chi connectivity index (χ0) is 13.8. The van der Waals surface area contributed by atoms with Gasteiger partial charge < -0.3 is 15.2 Å². The molecule has 0 bridgehead atoms. The van der Waals surface area contributed by atoms with Gasteiger partial charge in [0.25, 0.3) is 0 Å². The van der Waals surface area contributed by atoms with E-state index in [1.54, 1.807) is 31.2 Å². The summed E-state index contributed by atoms with van der Waals surface area (Å²) < 4.78 is 24.1. The summed E-state index contributed by atoms with van der Waals surface area (Å²) in [4.78, 5) is 4.12. The summed E-state index contributed by atoms with van der Waals surface area (Å²) in [5.74, 6) is 0.675. The van der Waals surface area contributed by atoms with Crippen molar-refractivity contribution in [1.29, 1.82) is 0 Å². The summed E-state index contributed by atoms with van der Waals surface area (Å²) in [6.07, 6.45) is 0. The van der Waals surface area contributed by atoms with E-state index in [0.717, 1.165) is 0 Å². The molecular weight excluding hydrogens is 247 g/mol. The van der Waals surface area contributed by atoms with E-state index in [-0.39, 0.29) is 5.82 Å². The molecular formula is C14H15FN2O2. The second-order valence-corrected chi connectivity index (χ2v) is 3.99. The molecule has 2 N–H and O–H groups in total. The zero-order valence-electron chi connectivity index (χ0n) is 10.8. The van der Waals surface area contributed by atoms with Gasteiger partial charge in [0.2, 0.25) is 11.8 Å². The van der Waals surface area contributed by atoms with Crippen LogP contribution < -0.4 is 15.2 Å². The van der Waals surface area contributed by atoms with Gasteiger partial charge in [-0.05, 0) is 31.5 Å². The SMILES string of the molecule is CCOc1nc(Oc2ccc(C)c(F)c2)ccc1N. The topological polar surface area (TPSA) is 57.4 Å². The van der Waals surface area contributed by atoms with E-state index in [0.29, 0.717) is 35.4 Å². The van der Waals surface area contributed by atoms with Crippen molar-refractivity contribution in [2.45, 2.75) is 13.8 Å². The van der Waals surface area contributed by atoms with Crippen molar-refractivity contribution >= 4 is 5.69 Å². The highest BCUT2D eigenvalue weighted by atomic mass is 19.1. The fourth-order valence-corrected chi connectivity index (χ4v) is 1.50. The van der Waals surface area contributed by atoms with Gasteiger partial charge in [-0.1, -0.05) is 6.07 Å². The van der Waals surface area contributed by atoms with Gasteiger partial charge in [0.1, 0.15) is 11.6 Å². The van der Waals surface area contributed by atoms with Crippen molar-refractivity contribution in [3.63, 3.8) is 0 Å². The van der Waals surface area contributed by atoms with E-state index >= 15 is 0 Å². The van der Waals surface area contributed by atoms with Crippen LogP contribution in [0.1, 0.15) is 12.5 Å². The van der Waals surface area contributed by atoms with Crippen LogP contribution >= 0.6 is 0 Å². The van der Waals surface area contributed by atoms with E-state index in [1.165, 1.54) is 6.07 Å². The number of nitrogens with two attached hydrogens (primary N) is 1. The Morgan fingerprint density at radius 2 is 2.05 bits per heavy atom. The molecule has 0 saturated carbocycles. The predicted molar refractivity (Wildman–Crippen MR) is 71.0 cm³/mol. The normalized spacial score (nSPS) is 10.3. The Balaban J connectivity index is 2.22. The summed E-state index contributed by atoms with van der Waals surface area (Å²) in [6, 6.07) is 7.88. The summed E-state index contributed by atoms with van der Waals surface area (Å²) in [5.41, 5.74) is 6.71. The van der Waals surface area contributed by atoms with E-state index in [2.05, 4.69) is 4.98 Å². The van der Waals surface area contributed by atoms with Gasteiger partial charge in [-0.25, -0.2) is 4.39 Å². The Labute approximate surface area is 111 Å². The molecule has 19 heavy (non-hydrogen) atoms. The third-order valence-electron chi connectivity index (χ3n) is 2.51. The second kappa shape index (κ2) is 5.56. The fourth-order valence-electron chi connectivity index (χ4n) is 1.50. The maximum Gasteiger partial charge on any atom is 0.240 e. The third-order valence-corrected chi connectivity index (χ3v) is 2.51. The number of anilines is 1. The number of rotatable bonds is 4. The number of nitrogen functional groups attached to an aromatic ring is 1. The van der Waals surface area contributed by atoms with Crippen LogP contribution in [0.25, 0.3) is 0 Å². The molecule has 5 heteroatoms. The first-order valence-corrected chi connectivity index (χ1v) is 5.93. The summed E-state index contributed by atoms with van der Waals surface area (Å²) >= 11 is 0. The summed E-state index contributed by atoms with van der Waals surface area (Å²) in [5, 5.41) is 0. The van der Waals surface area contributed by atoms with Crippen LogP contribution in [0.5, 0.6) is 17.5 Å². The molecule has 0 amide bonds. The van der Waals surface area contributed by atoms with Crippen molar-refractivity contribution in [3.05, 3.63) is 41.7 Å². The van der Waals surface area contributed by atoms with Crippen LogP contribution in [-0.4, -0.2) is 11.6 Å². The predicted octanol–water partition coefficient (Wildman–Crippen LogP) is 3.30. The molecule has 0 unspecified atom stereocenters. The van der Waals surface area contributed by atoms with Crippen molar-refractivity contribution in [3.8, 4) is 17.5 Å². The molecule has 0 spiro atoms. The maximum atomic E-state index is 13.4. The van der Waals surface area contributed by atoms with Gasteiger partial charge in [0.05, 0.1) is 12.3 Å². The molecule has 2 rings (SSSR count). The van der Waals surface area contributed by atoms with Crippen LogP contribution in [0.3, 0.4) is 0 Å². The fraction of sp³-hybridized carbons (Fsp3) is 0.214. The highest BCUT2D eigenvalue weighted by Crippen LogP contribution is 2.26. The maximum absolute atomic E-state index is 13.4. The van der Waals surface area contributed by atoms with Crippen molar-refractivity contribution in [2.75, 3.05) is 12.3 Å². The largest absolute Gasteiger partial charge is 0.476 e. The van der Waals surface area contributed by atoms with Gasteiger partial charge >= 0.3 is 0 Å². The lowest BCUT2D eigenvalue weighted by molar-refractivity contribution is 0.323. The first-order chi connectivity index (χ1) is 9.10. The summed E-state index contributed by atoms with van der Waals surface area (Å²) in [7, 11) is 0. The van der Waals surface area contributed by atoms with E-state index in [4.69, 9.17) is 15.2 Å². The van der Waals surface area contributed by atoms with Crippen LogP contribution in [0, 0.1) is 12.7 Å². The molecule has 0 aliphatic rings. The molecule has 2 aromatic rings. The van der Waals surface area contributed by atoms with Crippen molar-refractivity contribution < 1.29 is 13.9 Å². The minimum atomic E-state index is -0.321. The van der Waals surface area contributed by atoms with Crippen molar-refractivity contribution in [2.24, 2.45) is 0 Å². The number of aryl methyl sites for hydroxylation is 1. The number of halogens is 1. The Hall–Kier alpha value is -2.30. The minimum Gasteiger partial charge on any atom is -0.476 e. The monoisotopic (exact) mass is 262 g/mol. The molecule has 0 aliphatic carbocycles. The minimum absolute atomic E-state index is 0.306. The molecule has 4 nitrogen and oxygen atoms in total. The lowest BCUT2D eigenvalue weighted by Gasteiger charge is -2.09. The molecule has 0 fully saturated rings. The molecule has 0 atom stereocenters. The zero-order valence-corrected chi connectivity index (χ0v) is 10.8. The molecule has 0 saturated heterocycles. The number of benzene rings is 1. The Morgan fingerprint density at radius 3 is 2.74 bits per heavy atom. The van der Waals surface area contributed by atoms with E-state index < -0.39 is 0 Å². The van der Waals surface area contributed by atoms with Crippen molar-refractivity contribution in [1.82, 2.24) is 4.98 Å². The van der Waals surface area contributed by atoms with E-state index in [9.17, 15) is 4.39 Å². The number of aromatic nitrogens is 1. The number of hydrogen-bond acceptors (Lipinski definition) is 4. The standard InChI is InChI=1S/C14H15FN2O2/c1-3-18-14-12(16)6-7-13(17-14)19-10-5-4-9(2)11(15)8-10/h4-8H,3,16H2,1-2H3. The Bertz CT molecular complexity index is 588. The number of ether oxygens (including phenoxy) is 2. The Kier molecular flexibility index (Phi) is 3.85. The van der Waals surface area contributed by atoms with E-state index in [1.807, 2.05) is 6.92 Å². The van der Waals surface area contributed by atoms with Crippen LogP contribution in [0.4, 0.5) is 10.1 Å². The molecule has 1 heterocycles.